The first kappa shape index (κ1) is 12.4. The first-order valence-corrected chi connectivity index (χ1v) is 6.64. The third kappa shape index (κ3) is 2.99. The predicted octanol–water partition coefficient (Wildman–Crippen LogP) is 1.16. The lowest BCUT2D eigenvalue weighted by Gasteiger charge is -2.35. The standard InChI is InChI=1S/C13H22N2O2/c1-9-4-3-5-11(6-9)7-15-8-12(16)14-10(2)13(15)17/h9-11H,3-8H2,1-2H3,(H,14,16). The first-order valence-electron chi connectivity index (χ1n) is 6.64. The Hall–Kier alpha value is -1.06. The highest BCUT2D eigenvalue weighted by atomic mass is 16.2. The maximum atomic E-state index is 11.9. The van der Waals surface area contributed by atoms with E-state index in [1.807, 2.05) is 0 Å². The van der Waals surface area contributed by atoms with Crippen molar-refractivity contribution in [3.8, 4) is 0 Å². The molecule has 0 aromatic heterocycles. The summed E-state index contributed by atoms with van der Waals surface area (Å²) in [5, 5.41) is 2.67. The van der Waals surface area contributed by atoms with Gasteiger partial charge in [0, 0.05) is 6.54 Å². The fourth-order valence-electron chi connectivity index (χ4n) is 3.07. The Morgan fingerprint density at radius 2 is 2.06 bits per heavy atom. The van der Waals surface area contributed by atoms with Crippen LogP contribution in [0.5, 0.6) is 0 Å². The van der Waals surface area contributed by atoms with Gasteiger partial charge >= 0.3 is 0 Å². The zero-order valence-corrected chi connectivity index (χ0v) is 10.7. The first-order chi connectivity index (χ1) is 8.06. The van der Waals surface area contributed by atoms with E-state index in [9.17, 15) is 9.59 Å². The van der Waals surface area contributed by atoms with E-state index >= 15 is 0 Å². The van der Waals surface area contributed by atoms with E-state index in [1.54, 1.807) is 11.8 Å². The average molecular weight is 238 g/mol. The minimum absolute atomic E-state index is 0.0269. The molecule has 0 radical (unpaired) electrons. The van der Waals surface area contributed by atoms with Gasteiger partial charge in [0.05, 0.1) is 6.54 Å². The minimum Gasteiger partial charge on any atom is -0.343 e. The van der Waals surface area contributed by atoms with Gasteiger partial charge in [-0.3, -0.25) is 9.59 Å². The summed E-state index contributed by atoms with van der Waals surface area (Å²) in [6.07, 6.45) is 4.96. The zero-order chi connectivity index (χ0) is 12.4. The van der Waals surface area contributed by atoms with E-state index in [-0.39, 0.29) is 24.4 Å². The van der Waals surface area contributed by atoms with Gasteiger partial charge < -0.3 is 10.2 Å². The van der Waals surface area contributed by atoms with Crippen molar-refractivity contribution in [2.75, 3.05) is 13.1 Å². The van der Waals surface area contributed by atoms with Gasteiger partial charge in [-0.25, -0.2) is 0 Å². The summed E-state index contributed by atoms with van der Waals surface area (Å²) in [5.74, 6) is 1.39. The smallest absolute Gasteiger partial charge is 0.245 e. The second kappa shape index (κ2) is 5.07. The Morgan fingerprint density at radius 1 is 1.29 bits per heavy atom. The zero-order valence-electron chi connectivity index (χ0n) is 10.7. The number of carbonyl (C=O) groups excluding carboxylic acids is 2. The molecule has 1 saturated carbocycles. The molecule has 0 aromatic carbocycles. The highest BCUT2D eigenvalue weighted by Gasteiger charge is 2.31. The molecule has 1 heterocycles. The topological polar surface area (TPSA) is 49.4 Å². The van der Waals surface area contributed by atoms with Crippen LogP contribution in [0.25, 0.3) is 0 Å². The number of carbonyl (C=O) groups is 2. The van der Waals surface area contributed by atoms with Crippen LogP contribution >= 0.6 is 0 Å². The van der Waals surface area contributed by atoms with Crippen molar-refractivity contribution in [1.29, 1.82) is 0 Å². The normalized spacial score (nSPS) is 34.7. The Balaban J connectivity index is 1.92. The summed E-state index contributed by atoms with van der Waals surface area (Å²) in [7, 11) is 0. The third-order valence-electron chi connectivity index (χ3n) is 3.92. The van der Waals surface area contributed by atoms with Crippen LogP contribution in [0, 0.1) is 11.8 Å². The van der Waals surface area contributed by atoms with Crippen LogP contribution in [0.3, 0.4) is 0 Å². The summed E-state index contributed by atoms with van der Waals surface area (Å²) in [6.45, 7) is 5.05. The Morgan fingerprint density at radius 3 is 2.76 bits per heavy atom. The fourth-order valence-corrected chi connectivity index (χ4v) is 3.07. The van der Waals surface area contributed by atoms with Gasteiger partial charge in [0.1, 0.15) is 6.04 Å². The lowest BCUT2D eigenvalue weighted by atomic mass is 9.82. The third-order valence-corrected chi connectivity index (χ3v) is 3.92. The molecule has 2 aliphatic rings. The lowest BCUT2D eigenvalue weighted by Crippen LogP contribution is -2.57. The van der Waals surface area contributed by atoms with E-state index in [0.717, 1.165) is 12.5 Å². The van der Waals surface area contributed by atoms with Gasteiger partial charge in [0.15, 0.2) is 0 Å². The number of hydrogen-bond acceptors (Lipinski definition) is 2. The van der Waals surface area contributed by atoms with Crippen LogP contribution in [0.15, 0.2) is 0 Å². The van der Waals surface area contributed by atoms with Gasteiger partial charge in [-0.1, -0.05) is 19.8 Å². The van der Waals surface area contributed by atoms with Crippen LogP contribution in [0.1, 0.15) is 39.5 Å². The van der Waals surface area contributed by atoms with Crippen molar-refractivity contribution in [3.05, 3.63) is 0 Å². The highest BCUT2D eigenvalue weighted by Crippen LogP contribution is 2.29. The van der Waals surface area contributed by atoms with E-state index < -0.39 is 0 Å². The van der Waals surface area contributed by atoms with E-state index in [4.69, 9.17) is 0 Å². The second-order valence-corrected chi connectivity index (χ2v) is 5.65. The number of rotatable bonds is 2. The number of nitrogens with one attached hydrogen (secondary N) is 1. The van der Waals surface area contributed by atoms with Gasteiger partial charge in [-0.05, 0) is 31.6 Å². The second-order valence-electron chi connectivity index (χ2n) is 5.65. The van der Waals surface area contributed by atoms with Crippen molar-refractivity contribution < 1.29 is 9.59 Å². The molecule has 0 aromatic rings. The quantitative estimate of drug-likeness (QED) is 0.785. The van der Waals surface area contributed by atoms with E-state index in [1.165, 1.54) is 25.7 Å². The molecule has 4 nitrogen and oxygen atoms in total. The van der Waals surface area contributed by atoms with Gasteiger partial charge in [-0.2, -0.15) is 0 Å². The number of amides is 2. The van der Waals surface area contributed by atoms with Crippen LogP contribution in [-0.2, 0) is 9.59 Å². The lowest BCUT2D eigenvalue weighted by molar-refractivity contribution is -0.144. The molecule has 2 fully saturated rings. The molecule has 2 amide bonds. The summed E-state index contributed by atoms with van der Waals surface area (Å²) >= 11 is 0. The maximum Gasteiger partial charge on any atom is 0.245 e. The van der Waals surface area contributed by atoms with Crippen molar-refractivity contribution in [2.45, 2.75) is 45.6 Å². The fraction of sp³-hybridized carbons (Fsp3) is 0.846. The number of piperazine rings is 1. The Bertz CT molecular complexity index is 317. The molecule has 4 heteroatoms. The molecule has 0 bridgehead atoms. The van der Waals surface area contributed by atoms with Gasteiger partial charge in [-0.15, -0.1) is 0 Å². The SMILES string of the molecule is CC1CCCC(CN2CC(=O)NC(C)C2=O)C1. The predicted molar refractivity (Wildman–Crippen MR) is 65.3 cm³/mol. The van der Waals surface area contributed by atoms with Crippen LogP contribution in [-0.4, -0.2) is 35.8 Å². The molecule has 0 spiro atoms. The molecule has 1 aliphatic heterocycles. The van der Waals surface area contributed by atoms with Crippen molar-refractivity contribution >= 4 is 11.8 Å². The maximum absolute atomic E-state index is 11.9. The monoisotopic (exact) mass is 238 g/mol. The Labute approximate surface area is 103 Å². The van der Waals surface area contributed by atoms with E-state index in [0.29, 0.717) is 5.92 Å². The van der Waals surface area contributed by atoms with Crippen LogP contribution in [0.4, 0.5) is 0 Å². The summed E-state index contributed by atoms with van der Waals surface area (Å²) in [6, 6.07) is -0.350. The molecular formula is C13H22N2O2. The summed E-state index contributed by atoms with van der Waals surface area (Å²) < 4.78 is 0. The molecular weight excluding hydrogens is 216 g/mol. The Kier molecular flexibility index (Phi) is 3.69. The van der Waals surface area contributed by atoms with Gasteiger partial charge in [0.25, 0.3) is 0 Å². The number of hydrogen-bond donors (Lipinski definition) is 1. The molecule has 96 valence electrons. The van der Waals surface area contributed by atoms with Crippen molar-refractivity contribution in [3.63, 3.8) is 0 Å². The molecule has 1 aliphatic carbocycles. The largest absolute Gasteiger partial charge is 0.343 e. The van der Waals surface area contributed by atoms with Gasteiger partial charge in [0.2, 0.25) is 11.8 Å². The summed E-state index contributed by atoms with van der Waals surface area (Å²) in [5.41, 5.74) is 0. The molecule has 3 atom stereocenters. The number of nitrogens with zero attached hydrogens (tertiary/aromatic N) is 1. The van der Waals surface area contributed by atoms with Crippen molar-refractivity contribution in [1.82, 2.24) is 10.2 Å². The molecule has 2 rings (SSSR count). The summed E-state index contributed by atoms with van der Waals surface area (Å²) in [4.78, 5) is 25.1. The van der Waals surface area contributed by atoms with E-state index in [2.05, 4.69) is 12.2 Å². The van der Waals surface area contributed by atoms with Crippen LogP contribution < -0.4 is 5.32 Å². The molecule has 17 heavy (non-hydrogen) atoms. The molecule has 1 N–H and O–H groups in total. The van der Waals surface area contributed by atoms with Crippen LogP contribution in [0.2, 0.25) is 0 Å². The molecule has 3 unspecified atom stereocenters. The highest BCUT2D eigenvalue weighted by molar-refractivity contribution is 5.94. The average Bonchev–Trinajstić information content (AvgIpc) is 2.25. The molecule has 1 saturated heterocycles. The van der Waals surface area contributed by atoms with Crippen molar-refractivity contribution in [2.24, 2.45) is 11.8 Å². The minimum atomic E-state index is -0.350.